The van der Waals surface area contributed by atoms with Crippen LogP contribution < -0.4 is 0 Å². The first-order valence-electron chi connectivity index (χ1n) is 7.50. The van der Waals surface area contributed by atoms with Crippen molar-refractivity contribution in [3.63, 3.8) is 0 Å². The van der Waals surface area contributed by atoms with Crippen LogP contribution in [0.4, 0.5) is 0 Å². The Hall–Kier alpha value is -2.40. The summed E-state index contributed by atoms with van der Waals surface area (Å²) in [5.74, 6) is -0.641. The maximum atomic E-state index is 12.2. The minimum atomic E-state index is -0.718. The Bertz CT molecular complexity index is 706. The van der Waals surface area contributed by atoms with Crippen molar-refractivity contribution in [1.29, 1.82) is 0 Å². The molecule has 0 heterocycles. The molecule has 0 aliphatic heterocycles. The Balaban J connectivity index is 2.46. The number of benzene rings is 2. The van der Waals surface area contributed by atoms with Crippen molar-refractivity contribution < 1.29 is 19.1 Å². The van der Waals surface area contributed by atoms with Crippen molar-refractivity contribution in [3.05, 3.63) is 66.2 Å². The lowest BCUT2D eigenvalue weighted by atomic mass is 10.2. The monoisotopic (exact) mass is 344 g/mol. The van der Waals surface area contributed by atoms with E-state index in [9.17, 15) is 9.59 Å². The fraction of sp³-hybridized carbons (Fsp3) is 0.211. The van der Waals surface area contributed by atoms with Gasteiger partial charge >= 0.3 is 11.9 Å². The van der Waals surface area contributed by atoms with E-state index in [2.05, 4.69) is 0 Å². The summed E-state index contributed by atoms with van der Waals surface area (Å²) >= 11 is 0. The van der Waals surface area contributed by atoms with Crippen LogP contribution in [0.25, 0.3) is 0 Å². The fourth-order valence-corrected chi connectivity index (χ4v) is 4.43. The van der Waals surface area contributed by atoms with Crippen molar-refractivity contribution in [2.75, 3.05) is 20.0 Å². The van der Waals surface area contributed by atoms with E-state index >= 15 is 0 Å². The zero-order valence-electron chi connectivity index (χ0n) is 13.7. The van der Waals surface area contributed by atoms with Gasteiger partial charge in [0.15, 0.2) is 4.86 Å². The molecule has 0 aliphatic rings. The minimum absolute atomic E-state index is 0.0575. The quantitative estimate of drug-likeness (QED) is 0.459. The van der Waals surface area contributed by atoms with Gasteiger partial charge in [0.2, 0.25) is 0 Å². The fourth-order valence-electron chi connectivity index (χ4n) is 2.26. The standard InChI is InChI=1S/C19H20O4S/c1-22-18(20)17(19(21)23-2)24(16-11-7-4-8-12-16)14-13-15-9-5-3-6-10-15/h3-12H,13-14H2,1-2H3. The van der Waals surface area contributed by atoms with Gasteiger partial charge in [-0.2, -0.15) is 0 Å². The Morgan fingerprint density at radius 2 is 1.33 bits per heavy atom. The highest BCUT2D eigenvalue weighted by molar-refractivity contribution is 8.18. The molecular weight excluding hydrogens is 324 g/mol. The molecule has 2 rings (SSSR count). The molecule has 126 valence electrons. The molecule has 24 heavy (non-hydrogen) atoms. The normalized spacial score (nSPS) is 11.4. The lowest BCUT2D eigenvalue weighted by molar-refractivity contribution is -0.137. The van der Waals surface area contributed by atoms with Gasteiger partial charge in [0, 0.05) is 4.90 Å². The summed E-state index contributed by atoms with van der Waals surface area (Å²) in [7, 11) is 1.83. The minimum Gasteiger partial charge on any atom is -0.465 e. The zero-order chi connectivity index (χ0) is 17.4. The van der Waals surface area contributed by atoms with Gasteiger partial charge in [0.05, 0.1) is 14.2 Å². The first-order valence-corrected chi connectivity index (χ1v) is 8.90. The van der Waals surface area contributed by atoms with Crippen LogP contribution in [-0.4, -0.2) is 36.8 Å². The molecule has 4 nitrogen and oxygen atoms in total. The number of hydrogen-bond donors (Lipinski definition) is 0. The molecule has 0 N–H and O–H groups in total. The predicted molar refractivity (Wildman–Crippen MR) is 96.4 cm³/mol. The molecule has 0 aromatic heterocycles. The van der Waals surface area contributed by atoms with E-state index in [1.54, 1.807) is 0 Å². The molecule has 0 aliphatic carbocycles. The van der Waals surface area contributed by atoms with Crippen molar-refractivity contribution in [3.8, 4) is 0 Å². The molecule has 0 saturated carbocycles. The third kappa shape index (κ3) is 4.55. The van der Waals surface area contributed by atoms with E-state index in [0.717, 1.165) is 16.9 Å². The summed E-state index contributed by atoms with van der Waals surface area (Å²) < 4.78 is 9.64. The number of methoxy groups -OCH3 is 2. The van der Waals surface area contributed by atoms with Crippen LogP contribution >= 0.6 is 10.5 Å². The Morgan fingerprint density at radius 3 is 1.83 bits per heavy atom. The van der Waals surface area contributed by atoms with Gasteiger partial charge in [-0.15, -0.1) is 10.5 Å². The van der Waals surface area contributed by atoms with Crippen LogP contribution in [0.3, 0.4) is 0 Å². The van der Waals surface area contributed by atoms with Crippen molar-refractivity contribution in [1.82, 2.24) is 0 Å². The first kappa shape index (κ1) is 17.9. The van der Waals surface area contributed by atoms with Gasteiger partial charge in [0.1, 0.15) is 0 Å². The summed E-state index contributed by atoms with van der Waals surface area (Å²) in [6.45, 7) is 0. The highest BCUT2D eigenvalue weighted by atomic mass is 32.2. The van der Waals surface area contributed by atoms with Crippen LogP contribution in [0.1, 0.15) is 5.56 Å². The largest absolute Gasteiger partial charge is 0.465 e. The van der Waals surface area contributed by atoms with Gasteiger partial charge in [-0.05, 0) is 29.9 Å². The average molecular weight is 344 g/mol. The van der Waals surface area contributed by atoms with E-state index in [0.29, 0.717) is 5.75 Å². The molecule has 0 bridgehead atoms. The number of carbonyl (C=O) groups excluding carboxylic acids is 2. The lowest BCUT2D eigenvalue weighted by Crippen LogP contribution is -2.27. The second-order valence-corrected chi connectivity index (χ2v) is 7.03. The Morgan fingerprint density at radius 1 is 0.833 bits per heavy atom. The number of rotatable bonds is 6. The number of ether oxygens (including phenoxy) is 2. The molecule has 0 spiro atoms. The second-order valence-electron chi connectivity index (χ2n) is 4.96. The number of carbonyl (C=O) groups is 2. The summed E-state index contributed by atoms with van der Waals surface area (Å²) in [4.78, 5) is 25.3. The van der Waals surface area contributed by atoms with Crippen LogP contribution in [-0.2, 0) is 25.5 Å². The Kier molecular flexibility index (Phi) is 6.75. The molecule has 2 aromatic rings. The maximum Gasteiger partial charge on any atom is 0.351 e. The predicted octanol–water partition coefficient (Wildman–Crippen LogP) is 3.08. The zero-order valence-corrected chi connectivity index (χ0v) is 14.5. The molecule has 5 heteroatoms. The highest BCUT2D eigenvalue weighted by Gasteiger charge is 2.25. The first-order chi connectivity index (χ1) is 11.7. The second kappa shape index (κ2) is 9.03. The number of aryl methyl sites for hydroxylation is 1. The molecule has 1 unspecified atom stereocenters. The molecule has 1 atom stereocenters. The maximum absolute atomic E-state index is 12.2. The topological polar surface area (TPSA) is 52.6 Å². The molecule has 2 aromatic carbocycles. The third-order valence-electron chi connectivity index (χ3n) is 3.45. The van der Waals surface area contributed by atoms with E-state index in [1.807, 2.05) is 60.7 Å². The highest BCUT2D eigenvalue weighted by Crippen LogP contribution is 2.30. The summed E-state index contributed by atoms with van der Waals surface area (Å²) in [5.41, 5.74) is 1.15. The average Bonchev–Trinajstić information content (AvgIpc) is 2.65. The van der Waals surface area contributed by atoms with E-state index < -0.39 is 22.4 Å². The van der Waals surface area contributed by atoms with Gasteiger partial charge in [0.25, 0.3) is 0 Å². The third-order valence-corrected chi connectivity index (χ3v) is 5.73. The van der Waals surface area contributed by atoms with E-state index in [4.69, 9.17) is 9.47 Å². The van der Waals surface area contributed by atoms with Crippen LogP contribution in [0, 0.1) is 0 Å². The van der Waals surface area contributed by atoms with Crippen molar-refractivity contribution >= 4 is 27.3 Å². The van der Waals surface area contributed by atoms with Crippen molar-refractivity contribution in [2.24, 2.45) is 0 Å². The van der Waals surface area contributed by atoms with Crippen LogP contribution in [0.5, 0.6) is 0 Å². The van der Waals surface area contributed by atoms with Gasteiger partial charge in [-0.3, -0.25) is 0 Å². The van der Waals surface area contributed by atoms with E-state index in [-0.39, 0.29) is 4.86 Å². The van der Waals surface area contributed by atoms with Gasteiger partial charge < -0.3 is 9.47 Å². The molecular formula is C19H20O4S. The van der Waals surface area contributed by atoms with Crippen molar-refractivity contribution in [2.45, 2.75) is 11.3 Å². The van der Waals surface area contributed by atoms with Crippen LogP contribution in [0.2, 0.25) is 0 Å². The number of esters is 2. The summed E-state index contributed by atoms with van der Waals surface area (Å²) in [5, 5.41) is 0. The molecule has 0 radical (unpaired) electrons. The molecule has 0 saturated heterocycles. The number of hydrogen-bond acceptors (Lipinski definition) is 4. The Labute approximate surface area is 144 Å². The summed E-state index contributed by atoms with van der Waals surface area (Å²) in [6, 6.07) is 19.5. The van der Waals surface area contributed by atoms with Gasteiger partial charge in [-0.25, -0.2) is 9.59 Å². The SMILES string of the molecule is COC(=O)C(C(=O)OC)=S(CCc1ccccc1)c1ccccc1. The van der Waals surface area contributed by atoms with Gasteiger partial charge in [-0.1, -0.05) is 48.5 Å². The molecule has 0 fully saturated rings. The smallest absolute Gasteiger partial charge is 0.351 e. The summed E-state index contributed by atoms with van der Waals surface area (Å²) in [6.07, 6.45) is 0.746. The molecule has 0 amide bonds. The van der Waals surface area contributed by atoms with Crippen LogP contribution in [0.15, 0.2) is 65.6 Å². The van der Waals surface area contributed by atoms with E-state index in [1.165, 1.54) is 14.2 Å². The lowest BCUT2D eigenvalue weighted by Gasteiger charge is -2.14.